The lowest BCUT2D eigenvalue weighted by Gasteiger charge is -2.28. The Balaban J connectivity index is 1.58. The smallest absolute Gasteiger partial charge is 0.250 e. The molecular formula is C25H31FN6O2. The monoisotopic (exact) mass is 466 g/mol. The first-order valence-corrected chi connectivity index (χ1v) is 11.3. The Labute approximate surface area is 199 Å². The number of benzene rings is 2. The van der Waals surface area contributed by atoms with Crippen molar-refractivity contribution >= 4 is 17.5 Å². The highest BCUT2D eigenvalue weighted by Gasteiger charge is 2.25. The van der Waals surface area contributed by atoms with E-state index in [4.69, 9.17) is 0 Å². The van der Waals surface area contributed by atoms with Crippen LogP contribution in [-0.2, 0) is 22.7 Å². The number of nitrogens with one attached hydrogen (secondary N) is 2. The van der Waals surface area contributed by atoms with Crippen LogP contribution >= 0.6 is 0 Å². The molecule has 0 unspecified atom stereocenters. The number of anilines is 1. The Morgan fingerprint density at radius 1 is 1.12 bits per heavy atom. The van der Waals surface area contributed by atoms with Gasteiger partial charge in [0.15, 0.2) is 0 Å². The van der Waals surface area contributed by atoms with Gasteiger partial charge in [-0.1, -0.05) is 38.1 Å². The van der Waals surface area contributed by atoms with Crippen LogP contribution in [0.2, 0.25) is 0 Å². The fourth-order valence-electron chi connectivity index (χ4n) is 3.80. The van der Waals surface area contributed by atoms with Crippen LogP contribution in [0.1, 0.15) is 30.5 Å². The van der Waals surface area contributed by atoms with E-state index < -0.39 is 5.82 Å². The maximum atomic E-state index is 14.5. The average Bonchev–Trinajstić information content (AvgIpc) is 3.26. The van der Waals surface area contributed by atoms with Crippen molar-refractivity contribution < 1.29 is 14.0 Å². The minimum atomic E-state index is -0.582. The van der Waals surface area contributed by atoms with Crippen molar-refractivity contribution in [1.29, 1.82) is 5.26 Å². The highest BCUT2D eigenvalue weighted by atomic mass is 19.1. The summed E-state index contributed by atoms with van der Waals surface area (Å²) in [5.74, 6) is -1.14. The lowest BCUT2D eigenvalue weighted by molar-refractivity contribution is -0.145. The summed E-state index contributed by atoms with van der Waals surface area (Å²) in [6.07, 6.45) is 0. The molecule has 0 aromatic heterocycles. The van der Waals surface area contributed by atoms with Gasteiger partial charge in [0.2, 0.25) is 5.91 Å². The molecule has 2 aromatic carbocycles. The van der Waals surface area contributed by atoms with Crippen LogP contribution < -0.4 is 15.5 Å². The average molecular weight is 467 g/mol. The Bertz CT molecular complexity index is 1040. The van der Waals surface area contributed by atoms with Crippen LogP contribution in [0.3, 0.4) is 0 Å². The Morgan fingerprint density at radius 2 is 1.76 bits per heavy atom. The van der Waals surface area contributed by atoms with Gasteiger partial charge in [0, 0.05) is 39.3 Å². The van der Waals surface area contributed by atoms with Crippen LogP contribution in [0.15, 0.2) is 42.5 Å². The Kier molecular flexibility index (Phi) is 8.71. The van der Waals surface area contributed by atoms with E-state index in [1.54, 1.807) is 12.1 Å². The number of carbonyl (C=O) groups excluding carboxylic acids is 2. The molecule has 0 radical (unpaired) electrons. The van der Waals surface area contributed by atoms with Gasteiger partial charge in [0.05, 0.1) is 30.4 Å². The third kappa shape index (κ3) is 6.38. The minimum Gasteiger partial charge on any atom is -0.313 e. The largest absolute Gasteiger partial charge is 0.313 e. The van der Waals surface area contributed by atoms with Gasteiger partial charge in [-0.25, -0.2) is 9.40 Å². The summed E-state index contributed by atoms with van der Waals surface area (Å²) < 4.78 is 14.5. The summed E-state index contributed by atoms with van der Waals surface area (Å²) in [6, 6.07) is 14.2. The van der Waals surface area contributed by atoms with E-state index in [1.165, 1.54) is 34.2 Å². The molecule has 1 aliphatic heterocycles. The Hall–Kier alpha value is -3.32. The van der Waals surface area contributed by atoms with E-state index >= 15 is 0 Å². The zero-order chi connectivity index (χ0) is 24.7. The van der Waals surface area contributed by atoms with Gasteiger partial charge in [-0.2, -0.15) is 5.26 Å². The molecule has 0 aliphatic carbocycles. The van der Waals surface area contributed by atoms with Gasteiger partial charge < -0.3 is 10.2 Å². The second-order valence-corrected chi connectivity index (χ2v) is 8.54. The van der Waals surface area contributed by atoms with E-state index in [0.717, 1.165) is 0 Å². The summed E-state index contributed by atoms with van der Waals surface area (Å²) in [7, 11) is 1.71. The SMILES string of the molecule is CC(C)NCCN(C(=O)CNCC(=O)N(C)N1Cc2ccccc2C1)c1cc(C#N)ccc1F. The number of nitrogens with zero attached hydrogens (tertiary/aromatic N) is 4. The number of rotatable bonds is 10. The van der Waals surface area contributed by atoms with Crippen LogP contribution in [-0.4, -0.2) is 61.1 Å². The summed E-state index contributed by atoms with van der Waals surface area (Å²) in [5.41, 5.74) is 2.70. The van der Waals surface area contributed by atoms with Gasteiger partial charge in [-0.05, 0) is 29.3 Å². The third-order valence-corrected chi connectivity index (χ3v) is 5.72. The van der Waals surface area contributed by atoms with Gasteiger partial charge in [-0.15, -0.1) is 0 Å². The van der Waals surface area contributed by atoms with Crippen LogP contribution in [0, 0.1) is 17.1 Å². The van der Waals surface area contributed by atoms with E-state index in [1.807, 2.05) is 49.2 Å². The van der Waals surface area contributed by atoms with Crippen molar-refractivity contribution in [3.8, 4) is 6.07 Å². The molecule has 2 aromatic rings. The summed E-state index contributed by atoms with van der Waals surface area (Å²) >= 11 is 0. The van der Waals surface area contributed by atoms with Crippen LogP contribution in [0.4, 0.5) is 10.1 Å². The highest BCUT2D eigenvalue weighted by molar-refractivity contribution is 5.95. The fourth-order valence-corrected chi connectivity index (χ4v) is 3.80. The van der Waals surface area contributed by atoms with Gasteiger partial charge >= 0.3 is 0 Å². The first-order chi connectivity index (χ1) is 16.3. The molecule has 34 heavy (non-hydrogen) atoms. The van der Waals surface area contributed by atoms with Crippen molar-refractivity contribution in [2.45, 2.75) is 33.0 Å². The van der Waals surface area contributed by atoms with Crippen molar-refractivity contribution in [3.63, 3.8) is 0 Å². The van der Waals surface area contributed by atoms with E-state index in [2.05, 4.69) is 10.6 Å². The molecule has 0 bridgehead atoms. The van der Waals surface area contributed by atoms with Crippen molar-refractivity contribution in [3.05, 3.63) is 65.0 Å². The maximum Gasteiger partial charge on any atom is 0.250 e. The lowest BCUT2D eigenvalue weighted by Crippen LogP contribution is -2.47. The normalized spacial score (nSPS) is 12.9. The number of hydrazine groups is 1. The van der Waals surface area contributed by atoms with E-state index in [-0.39, 0.29) is 48.7 Å². The fraction of sp³-hybridized carbons (Fsp3) is 0.400. The van der Waals surface area contributed by atoms with Crippen molar-refractivity contribution in [2.24, 2.45) is 0 Å². The lowest BCUT2D eigenvalue weighted by atomic mass is 10.1. The second kappa shape index (κ2) is 11.7. The quantitative estimate of drug-likeness (QED) is 0.557. The minimum absolute atomic E-state index is 0.0338. The molecule has 1 heterocycles. The number of halogens is 1. The molecule has 0 saturated carbocycles. The zero-order valence-corrected chi connectivity index (χ0v) is 19.8. The van der Waals surface area contributed by atoms with Gasteiger partial charge in [0.1, 0.15) is 5.82 Å². The molecule has 2 amide bonds. The molecule has 3 rings (SSSR count). The van der Waals surface area contributed by atoms with Gasteiger partial charge in [0.25, 0.3) is 5.91 Å². The van der Waals surface area contributed by atoms with Crippen molar-refractivity contribution in [2.75, 3.05) is 38.1 Å². The number of nitriles is 1. The summed E-state index contributed by atoms with van der Waals surface area (Å²) in [5, 5.41) is 18.8. The molecule has 0 spiro atoms. The predicted octanol–water partition coefficient (Wildman–Crippen LogP) is 2.01. The third-order valence-electron chi connectivity index (χ3n) is 5.72. The topological polar surface area (TPSA) is 91.7 Å². The number of hydrogen-bond acceptors (Lipinski definition) is 6. The molecule has 0 fully saturated rings. The number of hydrogen-bond donors (Lipinski definition) is 2. The number of fused-ring (bicyclic) bond motifs is 1. The highest BCUT2D eigenvalue weighted by Crippen LogP contribution is 2.23. The standard InChI is InChI=1S/C25H31FN6O2/c1-18(2)29-10-11-32(23-12-19(13-27)8-9-22(23)26)25(34)15-28-14-24(33)30(3)31-16-20-6-4-5-7-21(20)17-31/h4-9,12,18,28-29H,10-11,14-17H2,1-3H3. The first-order valence-electron chi connectivity index (χ1n) is 11.3. The number of likely N-dealkylation sites (N-methyl/N-ethyl adjacent to an activating group) is 1. The van der Waals surface area contributed by atoms with E-state index in [9.17, 15) is 19.2 Å². The molecule has 180 valence electrons. The summed E-state index contributed by atoms with van der Waals surface area (Å²) in [6.45, 7) is 5.77. The molecule has 0 saturated heterocycles. The summed E-state index contributed by atoms with van der Waals surface area (Å²) in [4.78, 5) is 27.0. The van der Waals surface area contributed by atoms with Gasteiger partial charge in [-0.3, -0.25) is 19.9 Å². The second-order valence-electron chi connectivity index (χ2n) is 8.54. The molecular weight excluding hydrogens is 435 g/mol. The zero-order valence-electron chi connectivity index (χ0n) is 19.8. The molecule has 9 heteroatoms. The molecule has 2 N–H and O–H groups in total. The number of amides is 2. The number of carbonyl (C=O) groups is 2. The Morgan fingerprint density at radius 3 is 2.38 bits per heavy atom. The molecule has 0 atom stereocenters. The first kappa shape index (κ1) is 25.3. The maximum absolute atomic E-state index is 14.5. The predicted molar refractivity (Wildman–Crippen MR) is 128 cm³/mol. The molecule has 1 aliphatic rings. The van der Waals surface area contributed by atoms with Crippen LogP contribution in [0.5, 0.6) is 0 Å². The van der Waals surface area contributed by atoms with E-state index in [0.29, 0.717) is 19.6 Å². The van der Waals surface area contributed by atoms with Crippen LogP contribution in [0.25, 0.3) is 0 Å². The molecule has 8 nitrogen and oxygen atoms in total. The van der Waals surface area contributed by atoms with Crippen molar-refractivity contribution in [1.82, 2.24) is 20.7 Å².